The van der Waals surface area contributed by atoms with Crippen molar-refractivity contribution >= 4 is 17.7 Å². The number of thioether (sulfide) groups is 1. The summed E-state index contributed by atoms with van der Waals surface area (Å²) in [6.45, 7) is 1.12. The van der Waals surface area contributed by atoms with Crippen LogP contribution in [0.1, 0.15) is 25.7 Å². The standard InChI is InChI=1S/C19H23N5O2S/c1-26-12-11-24-17(15-7-3-2-4-8-15)22-23-18(24)27-13-16(25)21-19(14-20)9-5-6-10-19/h2-4,7-8H,5-6,9-13H2,1H3,(H,21,25). The second-order valence-corrected chi connectivity index (χ2v) is 7.50. The molecular weight excluding hydrogens is 362 g/mol. The Hall–Kier alpha value is -2.37. The van der Waals surface area contributed by atoms with E-state index in [0.717, 1.165) is 37.1 Å². The maximum atomic E-state index is 12.4. The highest BCUT2D eigenvalue weighted by Crippen LogP contribution is 2.29. The Labute approximate surface area is 163 Å². The van der Waals surface area contributed by atoms with Crippen molar-refractivity contribution in [3.05, 3.63) is 30.3 Å². The Morgan fingerprint density at radius 2 is 2.07 bits per heavy atom. The van der Waals surface area contributed by atoms with Crippen LogP contribution in [0.25, 0.3) is 11.4 Å². The first-order valence-electron chi connectivity index (χ1n) is 9.00. The molecule has 0 aliphatic heterocycles. The summed E-state index contributed by atoms with van der Waals surface area (Å²) in [6, 6.07) is 12.1. The average molecular weight is 385 g/mol. The number of benzene rings is 1. The van der Waals surface area contributed by atoms with Crippen LogP contribution in [-0.2, 0) is 16.1 Å². The molecule has 1 heterocycles. The molecule has 1 aliphatic carbocycles. The Morgan fingerprint density at radius 3 is 2.74 bits per heavy atom. The topological polar surface area (TPSA) is 92.8 Å². The fourth-order valence-electron chi connectivity index (χ4n) is 3.26. The number of carbonyl (C=O) groups is 1. The number of aromatic nitrogens is 3. The molecule has 27 heavy (non-hydrogen) atoms. The van der Waals surface area contributed by atoms with Crippen molar-refractivity contribution in [2.45, 2.75) is 42.9 Å². The molecule has 1 aromatic carbocycles. The number of nitrogens with zero attached hydrogens (tertiary/aromatic N) is 4. The normalized spacial score (nSPS) is 15.4. The number of carbonyl (C=O) groups excluding carboxylic acids is 1. The van der Waals surface area contributed by atoms with E-state index in [-0.39, 0.29) is 11.7 Å². The summed E-state index contributed by atoms with van der Waals surface area (Å²) in [5.41, 5.74) is 0.267. The lowest BCUT2D eigenvalue weighted by atomic mass is 10.0. The highest BCUT2D eigenvalue weighted by Gasteiger charge is 2.35. The van der Waals surface area contributed by atoms with Gasteiger partial charge in [0.15, 0.2) is 11.0 Å². The van der Waals surface area contributed by atoms with Crippen molar-refractivity contribution in [3.63, 3.8) is 0 Å². The Bertz CT molecular complexity index is 809. The second kappa shape index (κ2) is 9.02. The second-order valence-electron chi connectivity index (χ2n) is 6.55. The van der Waals surface area contributed by atoms with Gasteiger partial charge in [0.05, 0.1) is 25.0 Å². The van der Waals surface area contributed by atoms with E-state index in [1.165, 1.54) is 11.8 Å². The van der Waals surface area contributed by atoms with Crippen LogP contribution in [0.5, 0.6) is 0 Å². The van der Waals surface area contributed by atoms with Crippen molar-refractivity contribution in [2.75, 3.05) is 19.5 Å². The van der Waals surface area contributed by atoms with E-state index < -0.39 is 5.54 Å². The largest absolute Gasteiger partial charge is 0.383 e. The summed E-state index contributed by atoms with van der Waals surface area (Å²) in [5.74, 6) is 0.800. The van der Waals surface area contributed by atoms with Gasteiger partial charge in [-0.1, -0.05) is 42.1 Å². The van der Waals surface area contributed by atoms with Gasteiger partial charge in [0.2, 0.25) is 5.91 Å². The molecule has 0 radical (unpaired) electrons. The number of nitrogens with one attached hydrogen (secondary N) is 1. The Morgan fingerprint density at radius 1 is 1.33 bits per heavy atom. The van der Waals surface area contributed by atoms with Gasteiger partial charge in [0.1, 0.15) is 5.54 Å². The molecule has 0 saturated heterocycles. The highest BCUT2D eigenvalue weighted by atomic mass is 32.2. The minimum atomic E-state index is -0.698. The molecule has 1 fully saturated rings. The van der Waals surface area contributed by atoms with Crippen LogP contribution in [0.3, 0.4) is 0 Å². The lowest BCUT2D eigenvalue weighted by Gasteiger charge is -2.21. The summed E-state index contributed by atoms with van der Waals surface area (Å²) in [4.78, 5) is 12.4. The first kappa shape index (κ1) is 19.4. The third-order valence-electron chi connectivity index (χ3n) is 4.65. The third-order valence-corrected chi connectivity index (χ3v) is 5.62. The maximum Gasteiger partial charge on any atom is 0.231 e. The first-order chi connectivity index (χ1) is 13.2. The SMILES string of the molecule is COCCn1c(SCC(=O)NC2(C#N)CCCC2)nnc1-c1ccccc1. The Balaban J connectivity index is 1.70. The highest BCUT2D eigenvalue weighted by molar-refractivity contribution is 7.99. The quantitative estimate of drug-likeness (QED) is 0.702. The summed E-state index contributed by atoms with van der Waals surface area (Å²) in [5, 5.41) is 21.5. The molecule has 142 valence electrons. The molecule has 1 amide bonds. The van der Waals surface area contributed by atoms with E-state index >= 15 is 0 Å². The van der Waals surface area contributed by atoms with E-state index in [4.69, 9.17) is 4.74 Å². The zero-order valence-corrected chi connectivity index (χ0v) is 16.2. The van der Waals surface area contributed by atoms with E-state index in [0.29, 0.717) is 18.3 Å². The molecule has 7 nitrogen and oxygen atoms in total. The van der Waals surface area contributed by atoms with E-state index in [1.54, 1.807) is 7.11 Å². The van der Waals surface area contributed by atoms with Crippen molar-refractivity contribution in [3.8, 4) is 17.5 Å². The van der Waals surface area contributed by atoms with Gasteiger partial charge in [0.25, 0.3) is 0 Å². The molecule has 1 N–H and O–H groups in total. The molecule has 0 atom stereocenters. The maximum absolute atomic E-state index is 12.4. The minimum Gasteiger partial charge on any atom is -0.383 e. The number of hydrogen-bond acceptors (Lipinski definition) is 6. The summed E-state index contributed by atoms with van der Waals surface area (Å²) < 4.78 is 7.17. The van der Waals surface area contributed by atoms with Gasteiger partial charge < -0.3 is 10.1 Å². The predicted octanol–water partition coefficient (Wildman–Crippen LogP) is 2.64. The van der Waals surface area contributed by atoms with Crippen molar-refractivity contribution in [2.24, 2.45) is 0 Å². The molecule has 0 spiro atoms. The molecular formula is C19H23N5O2S. The van der Waals surface area contributed by atoms with Crippen molar-refractivity contribution in [1.29, 1.82) is 5.26 Å². The van der Waals surface area contributed by atoms with Gasteiger partial charge in [-0.3, -0.25) is 9.36 Å². The van der Waals surface area contributed by atoms with Gasteiger partial charge in [-0.05, 0) is 25.7 Å². The van der Waals surface area contributed by atoms with Gasteiger partial charge in [-0.15, -0.1) is 10.2 Å². The summed E-state index contributed by atoms with van der Waals surface area (Å²) in [7, 11) is 1.65. The molecule has 0 unspecified atom stereocenters. The van der Waals surface area contributed by atoms with Gasteiger partial charge >= 0.3 is 0 Å². The van der Waals surface area contributed by atoms with Crippen LogP contribution in [0.4, 0.5) is 0 Å². The number of methoxy groups -OCH3 is 1. The zero-order chi connectivity index (χ0) is 19.1. The van der Waals surface area contributed by atoms with Crippen molar-refractivity contribution in [1.82, 2.24) is 20.1 Å². The third kappa shape index (κ3) is 4.67. The summed E-state index contributed by atoms with van der Waals surface area (Å²) >= 11 is 1.33. The molecule has 1 aliphatic rings. The lowest BCUT2D eigenvalue weighted by molar-refractivity contribution is -0.119. The van der Waals surface area contributed by atoms with E-state index in [1.807, 2.05) is 34.9 Å². The minimum absolute atomic E-state index is 0.147. The van der Waals surface area contributed by atoms with Gasteiger partial charge in [-0.25, -0.2) is 0 Å². The molecule has 2 aromatic rings. The van der Waals surface area contributed by atoms with E-state index in [2.05, 4.69) is 21.6 Å². The smallest absolute Gasteiger partial charge is 0.231 e. The fourth-order valence-corrected chi connectivity index (χ4v) is 4.02. The molecule has 3 rings (SSSR count). The summed E-state index contributed by atoms with van der Waals surface area (Å²) in [6.07, 6.45) is 3.41. The average Bonchev–Trinajstić information content (AvgIpc) is 3.32. The Kier molecular flexibility index (Phi) is 6.48. The van der Waals surface area contributed by atoms with E-state index in [9.17, 15) is 10.1 Å². The van der Waals surface area contributed by atoms with Crippen LogP contribution in [0.15, 0.2) is 35.5 Å². The van der Waals surface area contributed by atoms with Crippen LogP contribution < -0.4 is 5.32 Å². The van der Waals surface area contributed by atoms with Crippen LogP contribution >= 0.6 is 11.8 Å². The van der Waals surface area contributed by atoms with Gasteiger partial charge in [0, 0.05) is 12.7 Å². The number of amides is 1. The molecule has 1 saturated carbocycles. The number of rotatable bonds is 8. The number of ether oxygens (including phenoxy) is 1. The van der Waals surface area contributed by atoms with Crippen LogP contribution in [0.2, 0.25) is 0 Å². The van der Waals surface area contributed by atoms with Crippen LogP contribution in [-0.4, -0.2) is 45.7 Å². The zero-order valence-electron chi connectivity index (χ0n) is 15.4. The van der Waals surface area contributed by atoms with Gasteiger partial charge in [-0.2, -0.15) is 5.26 Å². The first-order valence-corrected chi connectivity index (χ1v) is 9.99. The number of hydrogen-bond donors (Lipinski definition) is 1. The monoisotopic (exact) mass is 385 g/mol. The lowest BCUT2D eigenvalue weighted by Crippen LogP contribution is -2.45. The molecule has 8 heteroatoms. The number of nitriles is 1. The molecule has 1 aromatic heterocycles. The van der Waals surface area contributed by atoms with Crippen LogP contribution in [0, 0.1) is 11.3 Å². The molecule has 0 bridgehead atoms. The fraction of sp³-hybridized carbons (Fsp3) is 0.474. The van der Waals surface area contributed by atoms with Crippen molar-refractivity contribution < 1.29 is 9.53 Å². The predicted molar refractivity (Wildman–Crippen MR) is 103 cm³/mol.